The Morgan fingerprint density at radius 1 is 1.07 bits per heavy atom. The van der Waals surface area contributed by atoms with Crippen LogP contribution in [0.2, 0.25) is 5.02 Å². The molecule has 156 valence electrons. The number of anilines is 1. The molecule has 30 heavy (non-hydrogen) atoms. The van der Waals surface area contributed by atoms with Crippen molar-refractivity contribution < 1.29 is 14.3 Å². The fraction of sp³-hybridized carbons (Fsp3) is 0.227. The number of nitrogens with zero attached hydrogens (tertiary/aromatic N) is 2. The van der Waals surface area contributed by atoms with E-state index in [-0.39, 0.29) is 24.4 Å². The van der Waals surface area contributed by atoms with Crippen molar-refractivity contribution in [1.82, 2.24) is 9.78 Å². The first-order valence-corrected chi connectivity index (χ1v) is 9.94. The lowest BCUT2D eigenvalue weighted by Gasteiger charge is -2.13. The Balaban J connectivity index is 1.70. The second-order valence-electron chi connectivity index (χ2n) is 6.38. The van der Waals surface area contributed by atoms with Gasteiger partial charge in [0.25, 0.3) is 11.5 Å². The first kappa shape index (κ1) is 21.4. The van der Waals surface area contributed by atoms with E-state index in [4.69, 9.17) is 21.1 Å². The Bertz CT molecular complexity index is 1050. The van der Waals surface area contributed by atoms with Crippen LogP contribution in [-0.4, -0.2) is 28.9 Å². The van der Waals surface area contributed by atoms with E-state index in [1.54, 1.807) is 18.2 Å². The van der Waals surface area contributed by atoms with Gasteiger partial charge in [-0.3, -0.25) is 9.59 Å². The third-order valence-electron chi connectivity index (χ3n) is 4.07. The molecule has 8 heteroatoms. The fourth-order valence-electron chi connectivity index (χ4n) is 2.62. The molecule has 0 aliphatic rings. The van der Waals surface area contributed by atoms with Crippen LogP contribution in [0.4, 0.5) is 5.69 Å². The molecule has 0 saturated heterocycles. The average Bonchev–Trinajstić information content (AvgIpc) is 2.75. The SMILES string of the molecule is CCCOc1ccc(Cl)cc1NC(=O)c1ccc(=O)n(CCOc2ccccc2)n1. The summed E-state index contributed by atoms with van der Waals surface area (Å²) in [5.74, 6) is 0.732. The number of ether oxygens (including phenoxy) is 2. The standard InChI is InChI=1S/C22H22ClN3O4/c1-2-13-30-20-10-8-16(23)15-19(20)24-22(28)18-9-11-21(27)26(25-18)12-14-29-17-6-4-3-5-7-17/h3-11,15H,2,12-14H2,1H3,(H,24,28). The molecule has 0 aliphatic carbocycles. The van der Waals surface area contributed by atoms with E-state index in [9.17, 15) is 9.59 Å². The number of para-hydroxylation sites is 1. The van der Waals surface area contributed by atoms with Crippen molar-refractivity contribution in [1.29, 1.82) is 0 Å². The molecule has 2 aromatic carbocycles. The summed E-state index contributed by atoms with van der Waals surface area (Å²) in [4.78, 5) is 24.8. The smallest absolute Gasteiger partial charge is 0.276 e. The predicted octanol–water partition coefficient (Wildman–Crippen LogP) is 4.02. The zero-order chi connectivity index (χ0) is 21.3. The van der Waals surface area contributed by atoms with Gasteiger partial charge in [-0.2, -0.15) is 5.10 Å². The lowest BCUT2D eigenvalue weighted by molar-refractivity contribution is 0.101. The molecule has 1 amide bonds. The maximum Gasteiger partial charge on any atom is 0.276 e. The molecule has 3 aromatic rings. The highest BCUT2D eigenvalue weighted by atomic mass is 35.5. The van der Waals surface area contributed by atoms with Crippen LogP contribution in [0.25, 0.3) is 0 Å². The van der Waals surface area contributed by atoms with Crippen LogP contribution in [0.15, 0.2) is 65.5 Å². The van der Waals surface area contributed by atoms with Gasteiger partial charge >= 0.3 is 0 Å². The summed E-state index contributed by atoms with van der Waals surface area (Å²) in [6, 6.07) is 16.9. The number of amides is 1. The molecule has 0 aliphatic heterocycles. The molecular weight excluding hydrogens is 406 g/mol. The zero-order valence-corrected chi connectivity index (χ0v) is 17.3. The number of benzene rings is 2. The minimum atomic E-state index is -0.476. The van der Waals surface area contributed by atoms with Crippen LogP contribution < -0.4 is 20.3 Å². The summed E-state index contributed by atoms with van der Waals surface area (Å²) >= 11 is 6.05. The van der Waals surface area contributed by atoms with Crippen molar-refractivity contribution in [3.63, 3.8) is 0 Å². The molecule has 0 radical (unpaired) electrons. The predicted molar refractivity (Wildman–Crippen MR) is 116 cm³/mol. The average molecular weight is 428 g/mol. The van der Waals surface area contributed by atoms with Gasteiger partial charge in [0.2, 0.25) is 0 Å². The van der Waals surface area contributed by atoms with Gasteiger partial charge in [0, 0.05) is 11.1 Å². The number of carbonyl (C=O) groups excluding carboxylic acids is 1. The summed E-state index contributed by atoms with van der Waals surface area (Å²) in [5, 5.41) is 7.36. The number of aromatic nitrogens is 2. The largest absolute Gasteiger partial charge is 0.492 e. The van der Waals surface area contributed by atoms with Gasteiger partial charge in [0.15, 0.2) is 0 Å². The molecule has 0 bridgehead atoms. The van der Waals surface area contributed by atoms with E-state index in [0.717, 1.165) is 6.42 Å². The second-order valence-corrected chi connectivity index (χ2v) is 6.82. The summed E-state index contributed by atoms with van der Waals surface area (Å²) in [6.45, 7) is 2.94. The van der Waals surface area contributed by atoms with Gasteiger partial charge in [0.1, 0.15) is 23.8 Å². The van der Waals surface area contributed by atoms with E-state index in [2.05, 4.69) is 10.4 Å². The van der Waals surface area contributed by atoms with Gasteiger partial charge < -0.3 is 14.8 Å². The highest BCUT2D eigenvalue weighted by Gasteiger charge is 2.14. The summed E-state index contributed by atoms with van der Waals surface area (Å²) < 4.78 is 12.4. The molecular formula is C22H22ClN3O4. The van der Waals surface area contributed by atoms with Crippen molar-refractivity contribution in [2.45, 2.75) is 19.9 Å². The Morgan fingerprint density at radius 2 is 1.87 bits per heavy atom. The fourth-order valence-corrected chi connectivity index (χ4v) is 2.79. The molecule has 1 aromatic heterocycles. The highest BCUT2D eigenvalue weighted by Crippen LogP contribution is 2.28. The first-order valence-electron chi connectivity index (χ1n) is 9.56. The summed E-state index contributed by atoms with van der Waals surface area (Å²) in [6.07, 6.45) is 0.827. The first-order chi connectivity index (χ1) is 14.6. The highest BCUT2D eigenvalue weighted by molar-refractivity contribution is 6.31. The summed E-state index contributed by atoms with van der Waals surface area (Å²) in [5.41, 5.74) is 0.210. The minimum Gasteiger partial charge on any atom is -0.492 e. The van der Waals surface area contributed by atoms with Gasteiger partial charge in [-0.1, -0.05) is 36.7 Å². The number of hydrogen-bond donors (Lipinski definition) is 1. The topological polar surface area (TPSA) is 82.5 Å². The van der Waals surface area contributed by atoms with Gasteiger partial charge in [-0.05, 0) is 42.8 Å². The normalized spacial score (nSPS) is 10.5. The van der Waals surface area contributed by atoms with Gasteiger partial charge in [-0.25, -0.2) is 4.68 Å². The zero-order valence-electron chi connectivity index (χ0n) is 16.5. The van der Waals surface area contributed by atoms with Crippen LogP contribution in [0.5, 0.6) is 11.5 Å². The van der Waals surface area contributed by atoms with Gasteiger partial charge in [-0.15, -0.1) is 0 Å². The van der Waals surface area contributed by atoms with Crippen molar-refractivity contribution >= 4 is 23.2 Å². The van der Waals surface area contributed by atoms with E-state index < -0.39 is 5.91 Å². The Labute approximate surface area is 179 Å². The van der Waals surface area contributed by atoms with Crippen LogP contribution in [0.3, 0.4) is 0 Å². The van der Waals surface area contributed by atoms with Crippen molar-refractivity contribution in [2.24, 2.45) is 0 Å². The molecule has 7 nitrogen and oxygen atoms in total. The third-order valence-corrected chi connectivity index (χ3v) is 4.30. The Morgan fingerprint density at radius 3 is 2.63 bits per heavy atom. The number of carbonyl (C=O) groups is 1. The third kappa shape index (κ3) is 5.84. The van der Waals surface area contributed by atoms with E-state index in [0.29, 0.717) is 28.8 Å². The van der Waals surface area contributed by atoms with Crippen LogP contribution >= 0.6 is 11.6 Å². The lowest BCUT2D eigenvalue weighted by atomic mass is 10.2. The molecule has 0 saturated carbocycles. The monoisotopic (exact) mass is 427 g/mol. The molecule has 3 rings (SSSR count). The van der Waals surface area contributed by atoms with Crippen molar-refractivity contribution in [3.8, 4) is 11.5 Å². The van der Waals surface area contributed by atoms with Crippen molar-refractivity contribution in [2.75, 3.05) is 18.5 Å². The lowest BCUT2D eigenvalue weighted by Crippen LogP contribution is -2.28. The number of nitrogens with one attached hydrogen (secondary N) is 1. The molecule has 0 fully saturated rings. The summed E-state index contributed by atoms with van der Waals surface area (Å²) in [7, 11) is 0. The molecule has 0 spiro atoms. The van der Waals surface area contributed by atoms with Crippen LogP contribution in [0.1, 0.15) is 23.8 Å². The molecule has 1 heterocycles. The quantitative estimate of drug-likeness (QED) is 0.557. The molecule has 1 N–H and O–H groups in total. The van der Waals surface area contributed by atoms with Gasteiger partial charge in [0.05, 0.1) is 18.8 Å². The van der Waals surface area contributed by atoms with Crippen LogP contribution in [-0.2, 0) is 6.54 Å². The van der Waals surface area contributed by atoms with Crippen molar-refractivity contribution in [3.05, 3.63) is 81.7 Å². The van der Waals surface area contributed by atoms with Crippen LogP contribution in [0, 0.1) is 0 Å². The maximum atomic E-state index is 12.7. The Hall–Kier alpha value is -3.32. The Kier molecular flexibility index (Phi) is 7.45. The molecule has 0 atom stereocenters. The molecule has 0 unspecified atom stereocenters. The number of halogens is 1. The second kappa shape index (κ2) is 10.5. The number of hydrogen-bond acceptors (Lipinski definition) is 5. The van der Waals surface area contributed by atoms with E-state index in [1.807, 2.05) is 37.3 Å². The maximum absolute atomic E-state index is 12.7. The van der Waals surface area contributed by atoms with E-state index >= 15 is 0 Å². The van der Waals surface area contributed by atoms with E-state index in [1.165, 1.54) is 16.8 Å². The number of rotatable bonds is 9. The minimum absolute atomic E-state index is 0.0933.